The molecular weight excluding hydrogens is 286 g/mol. The van der Waals surface area contributed by atoms with Crippen molar-refractivity contribution in [2.75, 3.05) is 13.1 Å². The molecule has 3 aliphatic heterocycles. The third kappa shape index (κ3) is 1.82. The third-order valence-corrected chi connectivity index (χ3v) is 6.17. The van der Waals surface area contributed by atoms with Gasteiger partial charge in [0, 0.05) is 24.9 Å². The minimum atomic E-state index is -0.00667. The summed E-state index contributed by atoms with van der Waals surface area (Å²) in [5.41, 5.74) is 0.814. The van der Waals surface area contributed by atoms with Gasteiger partial charge in [0.15, 0.2) is 0 Å². The number of aromatic nitrogens is 2. The molecule has 3 fully saturated rings. The first kappa shape index (κ1) is 12.3. The maximum Gasteiger partial charge on any atom is 0.268 e. The number of hydrogen-bond donors (Lipinski definition) is 1. The van der Waals surface area contributed by atoms with Crippen LogP contribution in [0.1, 0.15) is 18.7 Å². The molecule has 0 amide bonds. The van der Waals surface area contributed by atoms with Crippen molar-refractivity contribution in [3.8, 4) is 0 Å². The van der Waals surface area contributed by atoms with E-state index < -0.39 is 0 Å². The summed E-state index contributed by atoms with van der Waals surface area (Å²) < 4.78 is 6.73. The van der Waals surface area contributed by atoms with E-state index in [2.05, 4.69) is 14.9 Å². The molecule has 5 nitrogen and oxygen atoms in total. The predicted octanol–water partition coefficient (Wildman–Crippen LogP) is 1.59. The highest BCUT2D eigenvalue weighted by Crippen LogP contribution is 2.47. The Hall–Kier alpha value is -1.24. The number of ether oxygens (including phenoxy) is 1. The van der Waals surface area contributed by atoms with Gasteiger partial charge in [0.1, 0.15) is 10.5 Å². The Labute approximate surface area is 125 Å². The van der Waals surface area contributed by atoms with Crippen LogP contribution < -0.4 is 5.56 Å². The van der Waals surface area contributed by atoms with Gasteiger partial charge >= 0.3 is 0 Å². The van der Waals surface area contributed by atoms with E-state index >= 15 is 0 Å². The summed E-state index contributed by atoms with van der Waals surface area (Å²) in [4.78, 5) is 22.0. The Balaban J connectivity index is 1.39. The Morgan fingerprint density at radius 3 is 2.86 bits per heavy atom. The normalized spacial score (nSPS) is 34.9. The van der Waals surface area contributed by atoms with Crippen LogP contribution in [0, 0.1) is 11.8 Å². The number of fused-ring (bicyclic) bond motifs is 6. The van der Waals surface area contributed by atoms with E-state index in [0.29, 0.717) is 24.0 Å². The van der Waals surface area contributed by atoms with Gasteiger partial charge in [-0.2, -0.15) is 0 Å². The second-order valence-corrected chi connectivity index (χ2v) is 7.38. The van der Waals surface area contributed by atoms with Crippen LogP contribution in [0.3, 0.4) is 0 Å². The Bertz CT molecular complexity index is 737. The first-order chi connectivity index (χ1) is 10.3. The van der Waals surface area contributed by atoms with Crippen LogP contribution in [0.15, 0.2) is 16.2 Å². The molecule has 6 heteroatoms. The molecule has 110 valence electrons. The summed E-state index contributed by atoms with van der Waals surface area (Å²) in [6.07, 6.45) is 3.43. The Morgan fingerprint density at radius 1 is 1.33 bits per heavy atom. The van der Waals surface area contributed by atoms with Gasteiger partial charge in [0.05, 0.1) is 24.3 Å². The number of rotatable bonds is 2. The van der Waals surface area contributed by atoms with E-state index in [4.69, 9.17) is 4.74 Å². The highest BCUT2D eigenvalue weighted by Gasteiger charge is 2.52. The highest BCUT2D eigenvalue weighted by molar-refractivity contribution is 7.17. The summed E-state index contributed by atoms with van der Waals surface area (Å²) in [6.45, 7) is 2.90. The van der Waals surface area contributed by atoms with Gasteiger partial charge in [0.25, 0.3) is 5.56 Å². The molecule has 5 rings (SSSR count). The van der Waals surface area contributed by atoms with Gasteiger partial charge in [-0.05, 0) is 24.3 Å². The van der Waals surface area contributed by atoms with Crippen LogP contribution in [-0.2, 0) is 11.3 Å². The predicted molar refractivity (Wildman–Crippen MR) is 80.4 cm³/mol. The lowest BCUT2D eigenvalue weighted by Crippen LogP contribution is -2.26. The molecule has 3 aliphatic rings. The quantitative estimate of drug-likeness (QED) is 0.915. The van der Waals surface area contributed by atoms with Crippen LogP contribution in [0.25, 0.3) is 10.2 Å². The lowest BCUT2D eigenvalue weighted by Gasteiger charge is -2.18. The smallest absolute Gasteiger partial charge is 0.268 e. The van der Waals surface area contributed by atoms with E-state index in [0.717, 1.165) is 35.7 Å². The minimum absolute atomic E-state index is 0.00667. The molecule has 2 bridgehead atoms. The van der Waals surface area contributed by atoms with E-state index in [9.17, 15) is 4.79 Å². The van der Waals surface area contributed by atoms with Crippen molar-refractivity contribution < 1.29 is 4.74 Å². The summed E-state index contributed by atoms with van der Waals surface area (Å²) in [7, 11) is 0. The minimum Gasteiger partial charge on any atom is -0.374 e. The molecule has 4 atom stereocenters. The van der Waals surface area contributed by atoms with E-state index in [1.807, 2.05) is 11.4 Å². The first-order valence-electron chi connectivity index (χ1n) is 7.62. The number of thiophene rings is 1. The molecule has 0 spiro atoms. The molecule has 2 aromatic heterocycles. The van der Waals surface area contributed by atoms with Crippen molar-refractivity contribution in [2.24, 2.45) is 11.8 Å². The van der Waals surface area contributed by atoms with Gasteiger partial charge in [-0.15, -0.1) is 11.3 Å². The summed E-state index contributed by atoms with van der Waals surface area (Å²) in [5.74, 6) is 2.18. The van der Waals surface area contributed by atoms with E-state index in [-0.39, 0.29) is 5.56 Å². The van der Waals surface area contributed by atoms with Crippen LogP contribution in [0.5, 0.6) is 0 Å². The fourth-order valence-corrected chi connectivity index (χ4v) is 5.11. The zero-order chi connectivity index (χ0) is 14.0. The SMILES string of the molecule is O=c1[nH]c(CN2C[C@@H]3[C@H](C2)[C@H]2CC[C@@H]3O2)nc2ccsc12. The van der Waals surface area contributed by atoms with Gasteiger partial charge in [-0.3, -0.25) is 9.69 Å². The number of hydrogen-bond acceptors (Lipinski definition) is 5. The molecule has 3 saturated heterocycles. The Kier molecular flexibility index (Phi) is 2.57. The molecule has 2 aromatic rings. The fourth-order valence-electron chi connectivity index (χ4n) is 4.38. The van der Waals surface area contributed by atoms with Gasteiger partial charge in [-0.25, -0.2) is 4.98 Å². The molecule has 0 radical (unpaired) electrons. The van der Waals surface area contributed by atoms with Crippen LogP contribution in [-0.4, -0.2) is 40.2 Å². The van der Waals surface area contributed by atoms with Gasteiger partial charge in [-0.1, -0.05) is 0 Å². The fraction of sp³-hybridized carbons (Fsp3) is 0.600. The van der Waals surface area contributed by atoms with E-state index in [1.165, 1.54) is 24.2 Å². The average molecular weight is 303 g/mol. The number of nitrogens with zero attached hydrogens (tertiary/aromatic N) is 2. The molecule has 0 unspecified atom stereocenters. The van der Waals surface area contributed by atoms with Crippen LogP contribution in [0.2, 0.25) is 0 Å². The third-order valence-electron chi connectivity index (χ3n) is 5.27. The molecule has 21 heavy (non-hydrogen) atoms. The number of likely N-dealkylation sites (tertiary alicyclic amines) is 1. The highest BCUT2D eigenvalue weighted by atomic mass is 32.1. The molecule has 0 aliphatic carbocycles. The number of aromatic amines is 1. The van der Waals surface area contributed by atoms with Crippen molar-refractivity contribution in [1.82, 2.24) is 14.9 Å². The summed E-state index contributed by atoms with van der Waals surface area (Å²) in [6, 6.07) is 1.92. The van der Waals surface area contributed by atoms with Crippen molar-refractivity contribution in [3.63, 3.8) is 0 Å². The molecule has 0 aromatic carbocycles. The first-order valence-corrected chi connectivity index (χ1v) is 8.50. The van der Waals surface area contributed by atoms with Crippen molar-refractivity contribution >= 4 is 21.6 Å². The van der Waals surface area contributed by atoms with Crippen molar-refractivity contribution in [2.45, 2.75) is 31.6 Å². The maximum atomic E-state index is 12.0. The second kappa shape index (κ2) is 4.38. The monoisotopic (exact) mass is 303 g/mol. The van der Waals surface area contributed by atoms with Crippen molar-refractivity contribution in [3.05, 3.63) is 27.6 Å². The molecule has 0 saturated carbocycles. The summed E-state index contributed by atoms with van der Waals surface area (Å²) in [5, 5.41) is 1.92. The zero-order valence-electron chi connectivity index (χ0n) is 11.6. The van der Waals surface area contributed by atoms with Gasteiger partial charge < -0.3 is 9.72 Å². The second-order valence-electron chi connectivity index (χ2n) is 6.46. The Morgan fingerprint density at radius 2 is 2.10 bits per heavy atom. The average Bonchev–Trinajstić information content (AvgIpc) is 3.20. The van der Waals surface area contributed by atoms with Gasteiger partial charge in [0.2, 0.25) is 0 Å². The zero-order valence-corrected chi connectivity index (χ0v) is 12.4. The number of nitrogens with one attached hydrogen (secondary N) is 1. The molecule has 5 heterocycles. The van der Waals surface area contributed by atoms with Crippen LogP contribution >= 0.6 is 11.3 Å². The largest absolute Gasteiger partial charge is 0.374 e. The lowest BCUT2D eigenvalue weighted by molar-refractivity contribution is 0.0693. The topological polar surface area (TPSA) is 58.2 Å². The standard InChI is InChI=1S/C15H17N3O2S/c19-15-14-10(3-4-21-14)16-13(17-15)7-18-5-8-9(6-18)12-2-1-11(8)20-12/h3-4,8-9,11-12H,1-2,5-7H2,(H,16,17,19)/t8-,9+,11+,12-. The molecule has 1 N–H and O–H groups in total. The maximum absolute atomic E-state index is 12.0. The lowest BCUT2D eigenvalue weighted by atomic mass is 9.82. The van der Waals surface area contributed by atoms with Crippen LogP contribution in [0.4, 0.5) is 0 Å². The van der Waals surface area contributed by atoms with E-state index in [1.54, 1.807) is 0 Å². The molecular formula is C15H17N3O2S. The summed E-state index contributed by atoms with van der Waals surface area (Å²) >= 11 is 1.45. The van der Waals surface area contributed by atoms with Crippen molar-refractivity contribution in [1.29, 1.82) is 0 Å². The number of H-pyrrole nitrogens is 1.